The molecule has 1 aromatic carbocycles. The summed E-state index contributed by atoms with van der Waals surface area (Å²) in [4.78, 5) is 26.2. The Bertz CT molecular complexity index is 521. The van der Waals surface area contributed by atoms with Crippen molar-refractivity contribution in [2.45, 2.75) is 19.9 Å². The number of amides is 2. The second kappa shape index (κ2) is 7.38. The second-order valence-corrected chi connectivity index (χ2v) is 6.08. The van der Waals surface area contributed by atoms with Crippen LogP contribution in [-0.2, 0) is 9.59 Å². The molecular formula is C16H26N4O2+2. The van der Waals surface area contributed by atoms with Crippen molar-refractivity contribution in [2.75, 3.05) is 43.9 Å². The van der Waals surface area contributed by atoms with Gasteiger partial charge in [-0.1, -0.05) is 0 Å². The van der Waals surface area contributed by atoms with Crippen LogP contribution in [-0.4, -0.2) is 51.1 Å². The van der Waals surface area contributed by atoms with Crippen molar-refractivity contribution in [3.8, 4) is 0 Å². The summed E-state index contributed by atoms with van der Waals surface area (Å²) in [7, 11) is 2.19. The average Bonchev–Trinajstić information content (AvgIpc) is 2.49. The Morgan fingerprint density at radius 1 is 1.00 bits per heavy atom. The van der Waals surface area contributed by atoms with Crippen LogP contribution in [0.2, 0.25) is 0 Å². The minimum Gasteiger partial charge on any atom is -0.328 e. The average molecular weight is 306 g/mol. The first-order valence-corrected chi connectivity index (χ1v) is 7.80. The van der Waals surface area contributed by atoms with Crippen LogP contribution < -0.4 is 20.4 Å². The van der Waals surface area contributed by atoms with Crippen LogP contribution in [0.15, 0.2) is 24.3 Å². The molecule has 0 saturated carbocycles. The van der Waals surface area contributed by atoms with Crippen molar-refractivity contribution in [1.82, 2.24) is 0 Å². The number of hydrogen-bond donors (Lipinski definition) is 4. The van der Waals surface area contributed by atoms with Crippen molar-refractivity contribution in [3.63, 3.8) is 0 Å². The van der Waals surface area contributed by atoms with Crippen LogP contribution in [0.5, 0.6) is 0 Å². The molecule has 0 aliphatic carbocycles. The van der Waals surface area contributed by atoms with E-state index in [2.05, 4.69) is 17.7 Å². The zero-order valence-corrected chi connectivity index (χ0v) is 13.5. The lowest BCUT2D eigenvalue weighted by Gasteiger charge is -2.30. The molecule has 0 aromatic heterocycles. The van der Waals surface area contributed by atoms with Crippen LogP contribution >= 0.6 is 0 Å². The quantitative estimate of drug-likeness (QED) is 0.540. The van der Waals surface area contributed by atoms with Gasteiger partial charge in [0.1, 0.15) is 26.2 Å². The molecule has 22 heavy (non-hydrogen) atoms. The van der Waals surface area contributed by atoms with Crippen molar-refractivity contribution >= 4 is 23.2 Å². The van der Waals surface area contributed by atoms with Crippen LogP contribution in [0.3, 0.4) is 0 Å². The number of rotatable bonds is 4. The highest BCUT2D eigenvalue weighted by atomic mass is 16.2. The van der Waals surface area contributed by atoms with Crippen LogP contribution in [0.1, 0.15) is 13.8 Å². The van der Waals surface area contributed by atoms with Gasteiger partial charge in [0.05, 0.1) is 7.05 Å². The zero-order chi connectivity index (χ0) is 16.1. The van der Waals surface area contributed by atoms with Gasteiger partial charge in [0.25, 0.3) is 5.91 Å². The van der Waals surface area contributed by atoms with Gasteiger partial charge in [-0.2, -0.15) is 0 Å². The van der Waals surface area contributed by atoms with Gasteiger partial charge in [0, 0.05) is 18.3 Å². The maximum absolute atomic E-state index is 12.3. The SMILES string of the molecule is CC(=O)Nc1ccc(NC(=O)[C@H](C)[NH+]2CC[NH+](C)CC2)cc1. The summed E-state index contributed by atoms with van der Waals surface area (Å²) in [5, 5.41) is 5.66. The molecule has 2 rings (SSSR count). The number of hydrogen-bond acceptors (Lipinski definition) is 2. The summed E-state index contributed by atoms with van der Waals surface area (Å²) in [5.41, 5.74) is 1.48. The van der Waals surface area contributed by atoms with E-state index >= 15 is 0 Å². The molecule has 1 heterocycles. The summed E-state index contributed by atoms with van der Waals surface area (Å²) < 4.78 is 0. The number of anilines is 2. The van der Waals surface area contributed by atoms with E-state index in [0.29, 0.717) is 0 Å². The van der Waals surface area contributed by atoms with Crippen LogP contribution in [0.25, 0.3) is 0 Å². The predicted octanol–water partition coefficient (Wildman–Crippen LogP) is -1.61. The molecule has 1 atom stereocenters. The highest BCUT2D eigenvalue weighted by molar-refractivity contribution is 5.94. The summed E-state index contributed by atoms with van der Waals surface area (Å²) in [6.45, 7) is 7.73. The fourth-order valence-corrected chi connectivity index (χ4v) is 2.71. The monoisotopic (exact) mass is 306 g/mol. The number of benzene rings is 1. The van der Waals surface area contributed by atoms with E-state index in [1.165, 1.54) is 16.7 Å². The van der Waals surface area contributed by atoms with Gasteiger partial charge in [0.15, 0.2) is 6.04 Å². The number of likely N-dealkylation sites (N-methyl/N-ethyl adjacent to an activating group) is 1. The number of carbonyl (C=O) groups excluding carboxylic acids is 2. The molecule has 4 N–H and O–H groups in total. The van der Waals surface area contributed by atoms with Crippen LogP contribution in [0, 0.1) is 0 Å². The fourth-order valence-electron chi connectivity index (χ4n) is 2.71. The standard InChI is InChI=1S/C16H24N4O2/c1-12(20-10-8-19(3)9-11-20)16(22)18-15-6-4-14(5-7-15)17-13(2)21/h4-7,12H,8-11H2,1-3H3,(H,17,21)(H,18,22)/p+2/t12-/m0/s1. The Labute approximate surface area is 131 Å². The van der Waals surface area contributed by atoms with Gasteiger partial charge < -0.3 is 20.4 Å². The first-order valence-electron chi connectivity index (χ1n) is 7.80. The third-order valence-electron chi connectivity index (χ3n) is 4.22. The summed E-state index contributed by atoms with van der Waals surface area (Å²) in [6, 6.07) is 7.13. The van der Waals surface area contributed by atoms with Gasteiger partial charge in [-0.15, -0.1) is 0 Å². The molecule has 0 unspecified atom stereocenters. The highest BCUT2D eigenvalue weighted by Crippen LogP contribution is 2.13. The fraction of sp³-hybridized carbons (Fsp3) is 0.500. The van der Waals surface area contributed by atoms with Gasteiger partial charge >= 0.3 is 0 Å². The molecule has 0 radical (unpaired) electrons. The van der Waals surface area contributed by atoms with E-state index in [0.717, 1.165) is 37.6 Å². The van der Waals surface area contributed by atoms with Crippen molar-refractivity contribution in [1.29, 1.82) is 0 Å². The molecule has 6 nitrogen and oxygen atoms in total. The molecule has 2 amide bonds. The highest BCUT2D eigenvalue weighted by Gasteiger charge is 2.29. The molecule has 1 aromatic rings. The Balaban J connectivity index is 1.89. The molecule has 1 aliphatic rings. The Kier molecular flexibility index (Phi) is 5.51. The molecule has 0 spiro atoms. The number of piperazine rings is 1. The maximum atomic E-state index is 12.3. The lowest BCUT2D eigenvalue weighted by Crippen LogP contribution is -3.29. The van der Waals surface area contributed by atoms with E-state index in [-0.39, 0.29) is 17.9 Å². The number of quaternary nitrogens is 2. The van der Waals surface area contributed by atoms with Crippen molar-refractivity contribution < 1.29 is 19.4 Å². The third-order valence-corrected chi connectivity index (χ3v) is 4.22. The zero-order valence-electron chi connectivity index (χ0n) is 13.5. The Morgan fingerprint density at radius 3 is 2.00 bits per heavy atom. The van der Waals surface area contributed by atoms with Crippen LogP contribution in [0.4, 0.5) is 11.4 Å². The van der Waals surface area contributed by atoms with E-state index in [1.54, 1.807) is 24.3 Å². The third kappa shape index (κ3) is 4.54. The van der Waals surface area contributed by atoms with Gasteiger partial charge in [-0.05, 0) is 31.2 Å². The summed E-state index contributed by atoms with van der Waals surface area (Å²) >= 11 is 0. The van der Waals surface area contributed by atoms with E-state index in [9.17, 15) is 9.59 Å². The molecule has 120 valence electrons. The second-order valence-electron chi connectivity index (χ2n) is 6.08. The van der Waals surface area contributed by atoms with E-state index in [1.807, 2.05) is 6.92 Å². The smallest absolute Gasteiger partial charge is 0.282 e. The van der Waals surface area contributed by atoms with Gasteiger partial charge in [-0.3, -0.25) is 9.59 Å². The number of carbonyl (C=O) groups is 2. The summed E-state index contributed by atoms with van der Waals surface area (Å²) in [5.74, 6) is -0.0620. The maximum Gasteiger partial charge on any atom is 0.282 e. The van der Waals surface area contributed by atoms with Crippen molar-refractivity contribution in [3.05, 3.63) is 24.3 Å². The lowest BCUT2D eigenvalue weighted by atomic mass is 10.2. The molecule has 0 bridgehead atoms. The Morgan fingerprint density at radius 2 is 1.50 bits per heavy atom. The molecular weight excluding hydrogens is 280 g/mol. The van der Waals surface area contributed by atoms with Crippen molar-refractivity contribution in [2.24, 2.45) is 0 Å². The first kappa shape index (κ1) is 16.5. The minimum atomic E-state index is -0.105. The molecule has 1 aliphatic heterocycles. The first-order chi connectivity index (χ1) is 10.5. The molecule has 1 fully saturated rings. The largest absolute Gasteiger partial charge is 0.328 e. The van der Waals surface area contributed by atoms with Gasteiger partial charge in [0.2, 0.25) is 5.91 Å². The predicted molar refractivity (Wildman–Crippen MR) is 86.2 cm³/mol. The normalized spacial score (nSPS) is 22.7. The van der Waals surface area contributed by atoms with E-state index < -0.39 is 0 Å². The number of nitrogens with one attached hydrogen (secondary N) is 4. The topological polar surface area (TPSA) is 67.1 Å². The lowest BCUT2D eigenvalue weighted by molar-refractivity contribution is -1.01. The van der Waals surface area contributed by atoms with E-state index in [4.69, 9.17) is 0 Å². The molecule has 6 heteroatoms. The minimum absolute atomic E-state index is 0.0434. The van der Waals surface area contributed by atoms with Gasteiger partial charge in [-0.25, -0.2) is 0 Å². The summed E-state index contributed by atoms with van der Waals surface area (Å²) in [6.07, 6.45) is 0. The Hall–Kier alpha value is -1.92. The molecule has 1 saturated heterocycles.